The molecule has 0 amide bonds. The van der Waals surface area contributed by atoms with Crippen LogP contribution in [0.15, 0.2) is 51.7 Å². The summed E-state index contributed by atoms with van der Waals surface area (Å²) in [5.41, 5.74) is 1.16. The summed E-state index contributed by atoms with van der Waals surface area (Å²) in [7, 11) is 0. The van der Waals surface area contributed by atoms with Crippen molar-refractivity contribution in [3.05, 3.63) is 65.6 Å². The second kappa shape index (κ2) is 7.39. The smallest absolute Gasteiger partial charge is 0.229 e. The first kappa shape index (κ1) is 16.9. The maximum Gasteiger partial charge on any atom is 0.229 e. The monoisotopic (exact) mass is 354 g/mol. The maximum absolute atomic E-state index is 11.0. The van der Waals surface area contributed by atoms with E-state index in [0.717, 1.165) is 31.6 Å². The summed E-state index contributed by atoms with van der Waals surface area (Å²) < 4.78 is 10.1. The van der Waals surface area contributed by atoms with E-state index in [-0.39, 0.29) is 0 Å². The van der Waals surface area contributed by atoms with Crippen molar-refractivity contribution >= 4 is 0 Å². The molecule has 2 aromatic heterocycles. The number of nitrogens with zero attached hydrogens (tertiary/aromatic N) is 4. The van der Waals surface area contributed by atoms with Crippen molar-refractivity contribution in [3.8, 4) is 0 Å². The minimum Gasteiger partial charge on any atom is -0.388 e. The number of β-amino-alcohol motifs (C(OH)–C–C–N with tert-alkyl or cyclic N) is 1. The van der Waals surface area contributed by atoms with E-state index in [1.165, 1.54) is 11.8 Å². The molecule has 1 fully saturated rings. The van der Waals surface area contributed by atoms with Gasteiger partial charge in [0.1, 0.15) is 6.26 Å². The maximum atomic E-state index is 11.0. The Balaban J connectivity index is 1.38. The Hall–Kier alpha value is -2.51. The van der Waals surface area contributed by atoms with E-state index in [1.807, 2.05) is 18.2 Å². The zero-order chi connectivity index (χ0) is 17.8. The van der Waals surface area contributed by atoms with Crippen LogP contribution >= 0.6 is 0 Å². The third kappa shape index (κ3) is 4.17. The van der Waals surface area contributed by atoms with E-state index in [9.17, 15) is 5.11 Å². The molecule has 1 aliphatic rings. The summed E-state index contributed by atoms with van der Waals surface area (Å²) in [6.07, 6.45) is 4.02. The lowest BCUT2D eigenvalue weighted by Gasteiger charge is -2.38. The molecule has 1 aliphatic heterocycles. The zero-order valence-electron chi connectivity index (χ0n) is 14.5. The summed E-state index contributed by atoms with van der Waals surface area (Å²) in [5, 5.41) is 18.9. The molecule has 0 saturated carbocycles. The van der Waals surface area contributed by atoms with Gasteiger partial charge < -0.3 is 14.2 Å². The number of hydrogen-bond donors (Lipinski definition) is 1. The standard InChI is InChI=1S/C19H22N4O3/c24-19(8-4-9-23(14-19)13-15-5-2-1-3-6-15)12-18-20-17(22-26-18)11-16-7-10-25-21-16/h1-3,5-7,10,24H,4,8-9,11-14H2. The highest BCUT2D eigenvalue weighted by Gasteiger charge is 2.35. The molecule has 7 heteroatoms. The number of likely N-dealkylation sites (tertiary alicyclic amines) is 1. The number of benzene rings is 1. The van der Waals surface area contributed by atoms with Gasteiger partial charge in [0.2, 0.25) is 5.89 Å². The third-order valence-electron chi connectivity index (χ3n) is 4.70. The summed E-state index contributed by atoms with van der Waals surface area (Å²) in [5.74, 6) is 1.02. The van der Waals surface area contributed by atoms with E-state index in [1.54, 1.807) is 6.07 Å². The number of rotatable bonds is 6. The lowest BCUT2D eigenvalue weighted by atomic mass is 9.89. The van der Waals surface area contributed by atoms with Gasteiger partial charge in [0.25, 0.3) is 0 Å². The van der Waals surface area contributed by atoms with Gasteiger partial charge in [-0.1, -0.05) is 40.6 Å². The molecule has 0 spiro atoms. The van der Waals surface area contributed by atoms with Gasteiger partial charge in [0.15, 0.2) is 5.82 Å². The van der Waals surface area contributed by atoms with E-state index >= 15 is 0 Å². The van der Waals surface area contributed by atoms with E-state index in [0.29, 0.717) is 31.1 Å². The molecule has 1 saturated heterocycles. The Kier molecular flexibility index (Phi) is 4.81. The van der Waals surface area contributed by atoms with E-state index < -0.39 is 5.60 Å². The summed E-state index contributed by atoms with van der Waals surface area (Å²) in [6, 6.07) is 12.1. The second-order valence-corrected chi connectivity index (χ2v) is 6.97. The molecule has 3 aromatic rings. The minimum atomic E-state index is -0.843. The zero-order valence-corrected chi connectivity index (χ0v) is 14.5. The predicted octanol–water partition coefficient (Wildman–Crippen LogP) is 2.22. The predicted molar refractivity (Wildman–Crippen MR) is 93.2 cm³/mol. The molecule has 1 aromatic carbocycles. The Labute approximate surface area is 151 Å². The molecule has 3 heterocycles. The first-order chi connectivity index (χ1) is 12.7. The number of hydrogen-bond acceptors (Lipinski definition) is 7. The summed E-state index contributed by atoms with van der Waals surface area (Å²) in [4.78, 5) is 6.68. The topological polar surface area (TPSA) is 88.4 Å². The normalized spacial score (nSPS) is 21.1. The van der Waals surface area contributed by atoms with E-state index in [4.69, 9.17) is 9.05 Å². The lowest BCUT2D eigenvalue weighted by Crippen LogP contribution is -2.49. The van der Waals surface area contributed by atoms with Crippen LogP contribution in [0.1, 0.15) is 35.8 Å². The lowest BCUT2D eigenvalue weighted by molar-refractivity contribution is -0.0373. The number of piperidine rings is 1. The largest absolute Gasteiger partial charge is 0.388 e. The van der Waals surface area contributed by atoms with Gasteiger partial charge in [0, 0.05) is 19.2 Å². The van der Waals surface area contributed by atoms with Crippen LogP contribution in [0.3, 0.4) is 0 Å². The number of aliphatic hydroxyl groups is 1. The van der Waals surface area contributed by atoms with Gasteiger partial charge in [-0.25, -0.2) is 0 Å². The van der Waals surface area contributed by atoms with E-state index in [2.05, 4.69) is 32.3 Å². The van der Waals surface area contributed by atoms with Crippen molar-refractivity contribution in [1.29, 1.82) is 0 Å². The fourth-order valence-electron chi connectivity index (χ4n) is 3.53. The molecule has 1 N–H and O–H groups in total. The fourth-order valence-corrected chi connectivity index (χ4v) is 3.53. The highest BCUT2D eigenvalue weighted by atomic mass is 16.5. The van der Waals surface area contributed by atoms with Gasteiger partial charge in [-0.3, -0.25) is 4.90 Å². The van der Waals surface area contributed by atoms with Gasteiger partial charge in [0.05, 0.1) is 24.1 Å². The van der Waals surface area contributed by atoms with Crippen molar-refractivity contribution in [3.63, 3.8) is 0 Å². The van der Waals surface area contributed by atoms with Gasteiger partial charge in [-0.05, 0) is 24.9 Å². The summed E-state index contributed by atoms with van der Waals surface area (Å²) >= 11 is 0. The Bertz CT molecular complexity index is 818. The molecule has 26 heavy (non-hydrogen) atoms. The van der Waals surface area contributed by atoms with Crippen LogP contribution < -0.4 is 0 Å². The van der Waals surface area contributed by atoms with Crippen molar-refractivity contribution in [2.45, 2.75) is 37.8 Å². The van der Waals surface area contributed by atoms with Gasteiger partial charge in [-0.15, -0.1) is 0 Å². The number of aromatic nitrogens is 3. The van der Waals surface area contributed by atoms with Crippen LogP contribution in [0.2, 0.25) is 0 Å². The minimum absolute atomic E-state index is 0.365. The van der Waals surface area contributed by atoms with Crippen LogP contribution in [-0.4, -0.2) is 44.0 Å². The Morgan fingerprint density at radius 1 is 1.15 bits per heavy atom. The van der Waals surface area contributed by atoms with Gasteiger partial charge in [-0.2, -0.15) is 4.98 Å². The van der Waals surface area contributed by atoms with Crippen LogP contribution in [-0.2, 0) is 19.4 Å². The highest BCUT2D eigenvalue weighted by molar-refractivity contribution is 5.15. The quantitative estimate of drug-likeness (QED) is 0.726. The molecule has 0 radical (unpaired) electrons. The van der Waals surface area contributed by atoms with Crippen LogP contribution in [0.5, 0.6) is 0 Å². The molecular formula is C19H22N4O3. The molecule has 7 nitrogen and oxygen atoms in total. The van der Waals surface area contributed by atoms with Crippen LogP contribution in [0, 0.1) is 0 Å². The SMILES string of the molecule is OC1(Cc2nc(Cc3ccon3)no2)CCCN(Cc2ccccc2)C1. The van der Waals surface area contributed by atoms with Crippen molar-refractivity contribution < 1.29 is 14.2 Å². The third-order valence-corrected chi connectivity index (χ3v) is 4.70. The molecule has 4 rings (SSSR count). The molecule has 0 bridgehead atoms. The Morgan fingerprint density at radius 2 is 2.04 bits per heavy atom. The van der Waals surface area contributed by atoms with Crippen molar-refractivity contribution in [2.75, 3.05) is 13.1 Å². The first-order valence-electron chi connectivity index (χ1n) is 8.88. The van der Waals surface area contributed by atoms with Crippen LogP contribution in [0.4, 0.5) is 0 Å². The fraction of sp³-hybridized carbons (Fsp3) is 0.421. The average molecular weight is 354 g/mol. The second-order valence-electron chi connectivity index (χ2n) is 6.97. The molecule has 1 atom stereocenters. The molecule has 136 valence electrons. The van der Waals surface area contributed by atoms with Crippen molar-refractivity contribution in [1.82, 2.24) is 20.2 Å². The molecule has 1 unspecified atom stereocenters. The Morgan fingerprint density at radius 3 is 2.85 bits per heavy atom. The van der Waals surface area contributed by atoms with Crippen molar-refractivity contribution in [2.24, 2.45) is 0 Å². The summed E-state index contributed by atoms with van der Waals surface area (Å²) in [6.45, 7) is 2.42. The average Bonchev–Trinajstić information content (AvgIpc) is 3.28. The van der Waals surface area contributed by atoms with Gasteiger partial charge >= 0.3 is 0 Å². The molecular weight excluding hydrogens is 332 g/mol. The highest BCUT2D eigenvalue weighted by Crippen LogP contribution is 2.26. The molecule has 0 aliphatic carbocycles. The first-order valence-corrected chi connectivity index (χ1v) is 8.88. The van der Waals surface area contributed by atoms with Crippen LogP contribution in [0.25, 0.3) is 0 Å².